The number of hydrogen-bond acceptors (Lipinski definition) is 6. The van der Waals surface area contributed by atoms with E-state index in [9.17, 15) is 20.4 Å². The van der Waals surface area contributed by atoms with E-state index >= 15 is 0 Å². The van der Waals surface area contributed by atoms with Crippen molar-refractivity contribution in [1.29, 1.82) is 0 Å². The highest BCUT2D eigenvalue weighted by molar-refractivity contribution is 5.25. The highest BCUT2D eigenvalue weighted by Gasteiger charge is 2.59. The minimum atomic E-state index is -1.40. The van der Waals surface area contributed by atoms with Crippen molar-refractivity contribution in [1.82, 2.24) is 0 Å². The van der Waals surface area contributed by atoms with Crippen molar-refractivity contribution in [3.8, 4) is 0 Å². The Kier molecular flexibility index (Phi) is 9.00. The maximum absolute atomic E-state index is 10.5. The maximum atomic E-state index is 10.5. The van der Waals surface area contributed by atoms with Gasteiger partial charge in [-0.3, -0.25) is 0 Å². The number of aliphatic hydroxyl groups is 4. The Bertz CT molecular complexity index is 945. The first-order valence-electron chi connectivity index (χ1n) is 16.2. The lowest BCUT2D eigenvalue weighted by molar-refractivity contribution is -0.313. The largest absolute Gasteiger partial charge is 0.394 e. The summed E-state index contributed by atoms with van der Waals surface area (Å²) in [6, 6.07) is 0. The van der Waals surface area contributed by atoms with Crippen LogP contribution in [0.1, 0.15) is 92.9 Å². The van der Waals surface area contributed by atoms with Gasteiger partial charge in [-0.2, -0.15) is 0 Å². The van der Waals surface area contributed by atoms with Crippen LogP contribution < -0.4 is 0 Å². The lowest BCUT2D eigenvalue weighted by atomic mass is 9.47. The minimum Gasteiger partial charge on any atom is -0.394 e. The van der Waals surface area contributed by atoms with Crippen LogP contribution in [0.25, 0.3) is 0 Å². The molecule has 0 spiro atoms. The molecular formula is C34H56O6. The van der Waals surface area contributed by atoms with Crippen LogP contribution in [0.2, 0.25) is 0 Å². The van der Waals surface area contributed by atoms with Gasteiger partial charge in [0.05, 0.1) is 12.7 Å². The average Bonchev–Trinajstić information content (AvgIpc) is 3.29. The third-order valence-corrected chi connectivity index (χ3v) is 12.7. The molecule has 0 aromatic heterocycles. The minimum absolute atomic E-state index is 0.108. The van der Waals surface area contributed by atoms with Gasteiger partial charge >= 0.3 is 0 Å². The Balaban J connectivity index is 1.26. The first kappa shape index (κ1) is 30.7. The molecule has 3 saturated carbocycles. The summed E-state index contributed by atoms with van der Waals surface area (Å²) in [7, 11) is 0. The van der Waals surface area contributed by atoms with E-state index in [1.165, 1.54) is 31.3 Å². The maximum Gasteiger partial charge on any atom is 0.186 e. The van der Waals surface area contributed by atoms with Crippen molar-refractivity contribution < 1.29 is 29.9 Å². The molecule has 5 rings (SSSR count). The second kappa shape index (κ2) is 11.7. The predicted molar refractivity (Wildman–Crippen MR) is 156 cm³/mol. The summed E-state index contributed by atoms with van der Waals surface area (Å²) in [6.07, 6.45) is 10.6. The van der Waals surface area contributed by atoms with Crippen molar-refractivity contribution in [2.45, 2.75) is 130 Å². The van der Waals surface area contributed by atoms with Gasteiger partial charge in [-0.05, 0) is 104 Å². The van der Waals surface area contributed by atoms with Gasteiger partial charge in [-0.15, -0.1) is 0 Å². The second-order valence-electron chi connectivity index (χ2n) is 15.0. The van der Waals surface area contributed by atoms with Gasteiger partial charge in [0.1, 0.15) is 24.4 Å². The Labute approximate surface area is 242 Å². The zero-order valence-corrected chi connectivity index (χ0v) is 25.7. The highest BCUT2D eigenvalue weighted by atomic mass is 16.7. The standard InChI is InChI=1S/C34H56O6/c1-19(2)20(3)7-8-21(4)25-11-12-26-24-10-9-22-17-23(13-15-33(22,5)27(24)14-16-34(25,26)6)39-32-31(38)30(37)29(36)28(18-35)40-32/h7-9,19-21,23-32,35-38H,10-18H2,1-6H3. The fraction of sp³-hybridized carbons (Fsp3) is 0.882. The van der Waals surface area contributed by atoms with Crippen LogP contribution in [0.15, 0.2) is 23.8 Å². The summed E-state index contributed by atoms with van der Waals surface area (Å²) in [5.74, 6) is 4.99. The molecule has 14 unspecified atom stereocenters. The quantitative estimate of drug-likeness (QED) is 0.318. The van der Waals surface area contributed by atoms with E-state index in [1.807, 2.05) is 0 Å². The van der Waals surface area contributed by atoms with Gasteiger partial charge in [-0.25, -0.2) is 0 Å². The van der Waals surface area contributed by atoms with Gasteiger partial charge in [0.25, 0.3) is 0 Å². The number of rotatable bonds is 7. The van der Waals surface area contributed by atoms with E-state index in [2.05, 4.69) is 59.8 Å². The van der Waals surface area contributed by atoms with Crippen LogP contribution in [0, 0.1) is 52.3 Å². The zero-order chi connectivity index (χ0) is 29.0. The molecule has 0 aromatic carbocycles. The molecule has 0 amide bonds. The SMILES string of the molecule is CC(C)C(C)C=CC(C)C1CCC2C3CC=C4CC(OC5OC(CO)C(O)C(O)C5O)CCC4(C)C3CCC12C. The predicted octanol–water partition coefficient (Wildman–Crippen LogP) is 5.23. The van der Waals surface area contributed by atoms with Crippen molar-refractivity contribution in [3.63, 3.8) is 0 Å². The molecular weight excluding hydrogens is 504 g/mol. The number of aliphatic hydroxyl groups excluding tert-OH is 4. The molecule has 0 radical (unpaired) electrons. The molecule has 4 fully saturated rings. The van der Waals surface area contributed by atoms with Crippen LogP contribution in [0.3, 0.4) is 0 Å². The average molecular weight is 561 g/mol. The van der Waals surface area contributed by atoms with Crippen LogP contribution in [0.5, 0.6) is 0 Å². The van der Waals surface area contributed by atoms with Crippen molar-refractivity contribution in [3.05, 3.63) is 23.8 Å². The molecule has 1 saturated heterocycles. The molecule has 4 aliphatic carbocycles. The van der Waals surface area contributed by atoms with Gasteiger partial charge < -0.3 is 29.9 Å². The van der Waals surface area contributed by atoms with Crippen molar-refractivity contribution >= 4 is 0 Å². The monoisotopic (exact) mass is 560 g/mol. The summed E-state index contributed by atoms with van der Waals surface area (Å²) < 4.78 is 11.9. The fourth-order valence-electron chi connectivity index (χ4n) is 9.72. The molecule has 4 N–H and O–H groups in total. The third kappa shape index (κ3) is 5.28. The Morgan fingerprint density at radius 3 is 2.40 bits per heavy atom. The van der Waals surface area contributed by atoms with E-state index in [4.69, 9.17) is 9.47 Å². The molecule has 40 heavy (non-hydrogen) atoms. The molecule has 228 valence electrons. The van der Waals surface area contributed by atoms with E-state index in [0.29, 0.717) is 29.1 Å². The Hall–Kier alpha value is -0.760. The van der Waals surface area contributed by atoms with Crippen LogP contribution >= 0.6 is 0 Å². The van der Waals surface area contributed by atoms with E-state index < -0.39 is 37.3 Å². The van der Waals surface area contributed by atoms with Crippen molar-refractivity contribution in [2.24, 2.45) is 52.3 Å². The van der Waals surface area contributed by atoms with Gasteiger partial charge in [0, 0.05) is 0 Å². The smallest absolute Gasteiger partial charge is 0.186 e. The highest BCUT2D eigenvalue weighted by Crippen LogP contribution is 2.67. The molecule has 14 atom stereocenters. The third-order valence-electron chi connectivity index (χ3n) is 12.7. The normalized spacial score (nSPS) is 48.8. The summed E-state index contributed by atoms with van der Waals surface area (Å²) in [5, 5.41) is 40.3. The number of fused-ring (bicyclic) bond motifs is 5. The number of ether oxygens (including phenoxy) is 2. The molecule has 5 aliphatic rings. The Morgan fingerprint density at radius 1 is 0.950 bits per heavy atom. The first-order valence-corrected chi connectivity index (χ1v) is 16.2. The van der Waals surface area contributed by atoms with E-state index in [1.54, 1.807) is 0 Å². The topological polar surface area (TPSA) is 99.4 Å². The van der Waals surface area contributed by atoms with E-state index in [-0.39, 0.29) is 11.5 Å². The van der Waals surface area contributed by atoms with Crippen LogP contribution in [-0.2, 0) is 9.47 Å². The number of allylic oxidation sites excluding steroid dienone is 3. The first-order chi connectivity index (χ1) is 18.9. The summed E-state index contributed by atoms with van der Waals surface area (Å²) in [4.78, 5) is 0. The molecule has 1 aliphatic heterocycles. The summed E-state index contributed by atoms with van der Waals surface area (Å²) in [5.41, 5.74) is 2.11. The van der Waals surface area contributed by atoms with Gasteiger partial charge in [0.15, 0.2) is 6.29 Å². The summed E-state index contributed by atoms with van der Waals surface area (Å²) >= 11 is 0. The molecule has 1 heterocycles. The lowest BCUT2D eigenvalue weighted by Gasteiger charge is -2.58. The van der Waals surface area contributed by atoms with Gasteiger partial charge in [-0.1, -0.05) is 65.3 Å². The second-order valence-corrected chi connectivity index (χ2v) is 15.0. The van der Waals surface area contributed by atoms with Crippen molar-refractivity contribution in [2.75, 3.05) is 6.61 Å². The molecule has 6 nitrogen and oxygen atoms in total. The van der Waals surface area contributed by atoms with E-state index in [0.717, 1.165) is 43.4 Å². The number of hydrogen-bond donors (Lipinski definition) is 4. The zero-order valence-electron chi connectivity index (χ0n) is 25.7. The molecule has 6 heteroatoms. The molecule has 0 aromatic rings. The molecule has 0 bridgehead atoms. The van der Waals surface area contributed by atoms with Crippen LogP contribution in [-0.4, -0.2) is 63.8 Å². The van der Waals surface area contributed by atoms with Crippen LogP contribution in [0.4, 0.5) is 0 Å². The van der Waals surface area contributed by atoms with Gasteiger partial charge in [0.2, 0.25) is 0 Å². The fourth-order valence-corrected chi connectivity index (χ4v) is 9.72. The lowest BCUT2D eigenvalue weighted by Crippen LogP contribution is -2.60. The summed E-state index contributed by atoms with van der Waals surface area (Å²) in [6.45, 7) is 14.1. The Morgan fingerprint density at radius 2 is 1.70 bits per heavy atom.